The summed E-state index contributed by atoms with van der Waals surface area (Å²) in [5.41, 5.74) is 2.86. The Balaban J connectivity index is 1.86. The van der Waals surface area contributed by atoms with Crippen molar-refractivity contribution in [2.75, 3.05) is 27.2 Å². The van der Waals surface area contributed by atoms with E-state index < -0.39 is 17.7 Å². The van der Waals surface area contributed by atoms with Gasteiger partial charge in [-0.25, -0.2) is 4.98 Å². The fourth-order valence-electron chi connectivity index (χ4n) is 4.14. The number of ketones is 1. The molecular weight excluding hydrogens is 412 g/mol. The van der Waals surface area contributed by atoms with E-state index in [4.69, 9.17) is 0 Å². The number of aliphatic hydroxyl groups excluding tert-OH is 1. The predicted molar refractivity (Wildman–Crippen MR) is 121 cm³/mol. The van der Waals surface area contributed by atoms with Crippen LogP contribution in [0.25, 0.3) is 11.4 Å². The van der Waals surface area contributed by atoms with Gasteiger partial charge in [-0.3, -0.25) is 14.0 Å². The number of carbonyl (C=O) groups excluding carboxylic acids is 2. The number of aromatic nitrogens is 2. The van der Waals surface area contributed by atoms with E-state index >= 15 is 0 Å². The van der Waals surface area contributed by atoms with E-state index in [1.54, 1.807) is 16.2 Å². The van der Waals surface area contributed by atoms with Crippen molar-refractivity contribution in [3.63, 3.8) is 0 Å². The predicted octanol–water partition coefficient (Wildman–Crippen LogP) is 3.39. The maximum Gasteiger partial charge on any atom is 0.295 e. The lowest BCUT2D eigenvalue weighted by atomic mass is 10.0. The number of fused-ring (bicyclic) bond motifs is 1. The van der Waals surface area contributed by atoms with Crippen LogP contribution in [0.5, 0.6) is 0 Å². The van der Waals surface area contributed by atoms with Gasteiger partial charge in [-0.1, -0.05) is 12.1 Å². The summed E-state index contributed by atoms with van der Waals surface area (Å²) in [5.74, 6) is -1.40. The van der Waals surface area contributed by atoms with Gasteiger partial charge in [-0.05, 0) is 64.0 Å². The molecular formula is C23H26N4O3S. The first-order chi connectivity index (χ1) is 14.8. The fraction of sp³-hybridized carbons (Fsp3) is 0.348. The first-order valence-electron chi connectivity index (χ1n) is 10.2. The first kappa shape index (κ1) is 21.3. The summed E-state index contributed by atoms with van der Waals surface area (Å²) >= 11 is 1.47. The third-order valence-corrected chi connectivity index (χ3v) is 6.53. The first-order valence-corrected chi connectivity index (χ1v) is 11.1. The summed E-state index contributed by atoms with van der Waals surface area (Å²) in [6.45, 7) is 4.98. The quantitative estimate of drug-likeness (QED) is 0.363. The minimum absolute atomic E-state index is 0.128. The second kappa shape index (κ2) is 8.28. The molecule has 0 radical (unpaired) electrons. The zero-order valence-corrected chi connectivity index (χ0v) is 18.9. The second-order valence-corrected chi connectivity index (χ2v) is 9.07. The highest BCUT2D eigenvalue weighted by molar-refractivity contribution is 7.10. The van der Waals surface area contributed by atoms with Crippen LogP contribution < -0.4 is 0 Å². The van der Waals surface area contributed by atoms with E-state index in [2.05, 4.69) is 4.98 Å². The van der Waals surface area contributed by atoms with E-state index in [9.17, 15) is 14.7 Å². The molecule has 0 aliphatic carbocycles. The molecule has 1 amide bonds. The molecule has 0 bridgehead atoms. The Hall–Kier alpha value is -2.97. The number of nitrogens with zero attached hydrogens (tertiary/aromatic N) is 4. The topological polar surface area (TPSA) is 78.1 Å². The molecule has 0 saturated carbocycles. The van der Waals surface area contributed by atoms with Crippen molar-refractivity contribution in [2.45, 2.75) is 26.3 Å². The van der Waals surface area contributed by atoms with Crippen molar-refractivity contribution in [1.29, 1.82) is 0 Å². The molecule has 162 valence electrons. The number of imidazole rings is 1. The van der Waals surface area contributed by atoms with E-state index in [0.29, 0.717) is 17.9 Å². The number of aliphatic hydroxyl groups is 1. The van der Waals surface area contributed by atoms with Gasteiger partial charge in [0.2, 0.25) is 0 Å². The molecule has 1 aliphatic heterocycles. The molecule has 1 atom stereocenters. The molecule has 1 N–H and O–H groups in total. The number of aryl methyl sites for hydroxylation is 2. The van der Waals surface area contributed by atoms with E-state index in [1.807, 2.05) is 61.8 Å². The van der Waals surface area contributed by atoms with Crippen molar-refractivity contribution in [3.8, 4) is 0 Å². The third-order valence-electron chi connectivity index (χ3n) is 5.60. The van der Waals surface area contributed by atoms with Crippen LogP contribution in [-0.4, -0.2) is 63.2 Å². The molecule has 4 rings (SSSR count). The van der Waals surface area contributed by atoms with Crippen molar-refractivity contribution in [1.82, 2.24) is 19.2 Å². The summed E-state index contributed by atoms with van der Waals surface area (Å²) in [7, 11) is 3.95. The number of Topliss-reactive ketones (excluding diaryl/α,β-unsaturated/α-hetero) is 1. The van der Waals surface area contributed by atoms with Crippen LogP contribution in [0.3, 0.4) is 0 Å². The van der Waals surface area contributed by atoms with Gasteiger partial charge in [0.05, 0.1) is 17.3 Å². The summed E-state index contributed by atoms with van der Waals surface area (Å²) in [4.78, 5) is 35.2. The summed E-state index contributed by atoms with van der Waals surface area (Å²) in [5, 5.41) is 13.3. The highest BCUT2D eigenvalue weighted by Crippen LogP contribution is 2.41. The minimum atomic E-state index is -0.650. The molecule has 0 aromatic carbocycles. The molecule has 4 heterocycles. The maximum absolute atomic E-state index is 13.1. The lowest BCUT2D eigenvalue weighted by Gasteiger charge is -2.24. The number of thiophene rings is 1. The number of rotatable bonds is 6. The van der Waals surface area contributed by atoms with Gasteiger partial charge in [0.1, 0.15) is 11.3 Å². The number of hydrogen-bond acceptors (Lipinski definition) is 6. The molecule has 1 fully saturated rings. The highest BCUT2D eigenvalue weighted by atomic mass is 32.1. The molecule has 1 aliphatic rings. The standard InChI is InChI=1S/C23H26N4O3S/c1-14-8-5-11-26-18(15(2)24-22(14)26)20(28)17-19(16-9-6-13-31-16)27(23(30)21(17)29)12-7-10-25(3)4/h5-6,8-9,11,13,19,28H,7,10,12H2,1-4H3/b20-17-. The average Bonchev–Trinajstić information content (AvgIpc) is 3.41. The molecule has 31 heavy (non-hydrogen) atoms. The van der Waals surface area contributed by atoms with E-state index in [-0.39, 0.29) is 11.3 Å². The summed E-state index contributed by atoms with van der Waals surface area (Å²) in [6, 6.07) is 7.01. The van der Waals surface area contributed by atoms with Crippen LogP contribution in [0.4, 0.5) is 0 Å². The van der Waals surface area contributed by atoms with Crippen LogP contribution in [0.15, 0.2) is 41.4 Å². The fourth-order valence-corrected chi connectivity index (χ4v) is 4.99. The summed E-state index contributed by atoms with van der Waals surface area (Å²) in [6.07, 6.45) is 2.54. The Morgan fingerprint density at radius 1 is 1.23 bits per heavy atom. The van der Waals surface area contributed by atoms with Gasteiger partial charge in [-0.2, -0.15) is 0 Å². The number of carbonyl (C=O) groups is 2. The van der Waals surface area contributed by atoms with Gasteiger partial charge >= 0.3 is 0 Å². The Bertz CT molecular complexity index is 1180. The van der Waals surface area contributed by atoms with Crippen molar-refractivity contribution in [3.05, 3.63) is 63.2 Å². The van der Waals surface area contributed by atoms with Gasteiger partial charge in [0.25, 0.3) is 11.7 Å². The number of pyridine rings is 1. The van der Waals surface area contributed by atoms with Crippen LogP contribution in [0, 0.1) is 13.8 Å². The van der Waals surface area contributed by atoms with E-state index in [1.165, 1.54) is 11.3 Å². The average molecular weight is 439 g/mol. The van der Waals surface area contributed by atoms with Crippen LogP contribution in [0.1, 0.15) is 34.3 Å². The van der Waals surface area contributed by atoms with Gasteiger partial charge in [-0.15, -0.1) is 11.3 Å². The number of likely N-dealkylation sites (tertiary alicyclic amines) is 1. The molecule has 3 aromatic heterocycles. The van der Waals surface area contributed by atoms with Crippen molar-refractivity contribution >= 4 is 34.4 Å². The van der Waals surface area contributed by atoms with Crippen molar-refractivity contribution in [2.24, 2.45) is 0 Å². The second-order valence-electron chi connectivity index (χ2n) is 8.10. The Morgan fingerprint density at radius 3 is 2.68 bits per heavy atom. The lowest BCUT2D eigenvalue weighted by Crippen LogP contribution is -2.32. The molecule has 1 saturated heterocycles. The van der Waals surface area contributed by atoms with Gasteiger partial charge in [0.15, 0.2) is 5.76 Å². The van der Waals surface area contributed by atoms with Crippen LogP contribution in [-0.2, 0) is 9.59 Å². The van der Waals surface area contributed by atoms with Crippen molar-refractivity contribution < 1.29 is 14.7 Å². The smallest absolute Gasteiger partial charge is 0.295 e. The number of amides is 1. The Labute approximate surface area is 185 Å². The SMILES string of the molecule is Cc1nc2c(C)cccn2c1/C(O)=C1/C(=O)C(=O)N(CCCN(C)C)C1c1cccs1. The van der Waals surface area contributed by atoms with Crippen LogP contribution in [0.2, 0.25) is 0 Å². The third kappa shape index (κ3) is 3.66. The monoisotopic (exact) mass is 438 g/mol. The molecule has 3 aromatic rings. The largest absolute Gasteiger partial charge is 0.505 e. The zero-order valence-electron chi connectivity index (χ0n) is 18.1. The molecule has 0 spiro atoms. The Kier molecular flexibility index (Phi) is 5.68. The zero-order chi connectivity index (χ0) is 22.3. The van der Waals surface area contributed by atoms with E-state index in [0.717, 1.165) is 29.1 Å². The molecule has 8 heteroatoms. The highest BCUT2D eigenvalue weighted by Gasteiger charge is 2.46. The minimum Gasteiger partial charge on any atom is -0.505 e. The Morgan fingerprint density at radius 2 is 2.00 bits per heavy atom. The lowest BCUT2D eigenvalue weighted by molar-refractivity contribution is -0.139. The van der Waals surface area contributed by atoms with Gasteiger partial charge in [0, 0.05) is 17.6 Å². The molecule has 7 nitrogen and oxygen atoms in total. The normalized spacial score (nSPS) is 18.6. The number of hydrogen-bond donors (Lipinski definition) is 1. The maximum atomic E-state index is 13.1. The summed E-state index contributed by atoms with van der Waals surface area (Å²) < 4.78 is 1.78. The van der Waals surface area contributed by atoms with Crippen LogP contribution >= 0.6 is 11.3 Å². The molecule has 1 unspecified atom stereocenters. The van der Waals surface area contributed by atoms with Gasteiger partial charge < -0.3 is 14.9 Å².